The number of aromatic amines is 1. The molecule has 1 atom stereocenters. The van der Waals surface area contributed by atoms with Crippen LogP contribution in [0.1, 0.15) is 17.4 Å². The van der Waals surface area contributed by atoms with Gasteiger partial charge in [-0.15, -0.1) is 0 Å². The Balaban J connectivity index is 2.74. The van der Waals surface area contributed by atoms with E-state index in [1.165, 1.54) is 18.2 Å². The number of rotatable bonds is 2. The fourth-order valence-electron chi connectivity index (χ4n) is 1.84. The Morgan fingerprint density at radius 1 is 1.29 bits per heavy atom. The first-order chi connectivity index (χ1) is 7.95. The molecule has 0 radical (unpaired) electrons. The second-order valence-electron chi connectivity index (χ2n) is 3.71. The number of aromatic nitrogens is 1. The van der Waals surface area contributed by atoms with Crippen LogP contribution in [0.4, 0.5) is 13.2 Å². The predicted octanol–water partition coefficient (Wildman–Crippen LogP) is 2.18. The smallest absolute Gasteiger partial charge is 0.386 e. The molecule has 4 N–H and O–H groups in total. The molecule has 1 aromatic carbocycles. The van der Waals surface area contributed by atoms with Gasteiger partial charge >= 0.3 is 6.18 Å². The van der Waals surface area contributed by atoms with Gasteiger partial charge in [0.2, 0.25) is 0 Å². The number of nitrogens with one attached hydrogen (secondary N) is 1. The highest BCUT2D eigenvalue weighted by Gasteiger charge is 2.38. The number of halogens is 3. The summed E-state index contributed by atoms with van der Waals surface area (Å²) >= 11 is 0. The molecule has 0 aliphatic heterocycles. The standard InChI is InChI=1S/C11H11F3N2O/c12-11(13,14)9-6-3-1-2-4-7(6)16-10(9)8(17)5-15/h1-4,8,16-17H,5,15H2. The second-order valence-corrected chi connectivity index (χ2v) is 3.71. The van der Waals surface area contributed by atoms with Crippen LogP contribution in [0.15, 0.2) is 24.3 Å². The Kier molecular flexibility index (Phi) is 2.84. The van der Waals surface area contributed by atoms with Crippen molar-refractivity contribution in [1.82, 2.24) is 4.98 Å². The van der Waals surface area contributed by atoms with Gasteiger partial charge in [-0.2, -0.15) is 13.2 Å². The molecule has 0 bridgehead atoms. The van der Waals surface area contributed by atoms with Gasteiger partial charge in [-0.1, -0.05) is 18.2 Å². The first kappa shape index (κ1) is 11.9. The molecule has 2 aromatic rings. The summed E-state index contributed by atoms with van der Waals surface area (Å²) in [5.74, 6) is 0. The van der Waals surface area contributed by atoms with Crippen LogP contribution in [0.5, 0.6) is 0 Å². The molecule has 6 heteroatoms. The Morgan fingerprint density at radius 2 is 1.94 bits per heavy atom. The number of benzene rings is 1. The zero-order valence-electron chi connectivity index (χ0n) is 8.75. The number of hydrogen-bond acceptors (Lipinski definition) is 2. The number of hydrogen-bond donors (Lipinski definition) is 3. The van der Waals surface area contributed by atoms with Crippen LogP contribution in [0.2, 0.25) is 0 Å². The van der Waals surface area contributed by atoms with E-state index in [4.69, 9.17) is 5.73 Å². The average Bonchev–Trinajstić information content (AvgIpc) is 2.66. The van der Waals surface area contributed by atoms with E-state index in [-0.39, 0.29) is 17.6 Å². The van der Waals surface area contributed by atoms with Crippen molar-refractivity contribution in [2.75, 3.05) is 6.54 Å². The van der Waals surface area contributed by atoms with Crippen molar-refractivity contribution in [3.05, 3.63) is 35.5 Å². The third-order valence-electron chi connectivity index (χ3n) is 2.58. The minimum Gasteiger partial charge on any atom is -0.386 e. The second kappa shape index (κ2) is 4.05. The Labute approximate surface area is 95.0 Å². The highest BCUT2D eigenvalue weighted by molar-refractivity contribution is 5.85. The van der Waals surface area contributed by atoms with E-state index >= 15 is 0 Å². The van der Waals surface area contributed by atoms with Crippen molar-refractivity contribution < 1.29 is 18.3 Å². The number of alkyl halides is 3. The summed E-state index contributed by atoms with van der Waals surface area (Å²) in [5, 5.41) is 9.56. The van der Waals surface area contributed by atoms with Gasteiger partial charge in [0, 0.05) is 17.4 Å². The van der Waals surface area contributed by atoms with Crippen molar-refractivity contribution in [2.24, 2.45) is 5.73 Å². The topological polar surface area (TPSA) is 62.0 Å². The van der Waals surface area contributed by atoms with Gasteiger partial charge in [0.25, 0.3) is 0 Å². The van der Waals surface area contributed by atoms with Gasteiger partial charge in [0.15, 0.2) is 0 Å². The number of aliphatic hydroxyl groups is 1. The molecule has 1 heterocycles. The summed E-state index contributed by atoms with van der Waals surface area (Å²) in [5.41, 5.74) is 4.42. The molecule has 0 saturated carbocycles. The number of aliphatic hydroxyl groups excluding tert-OH is 1. The summed E-state index contributed by atoms with van der Waals surface area (Å²) in [4.78, 5) is 2.57. The minimum atomic E-state index is -4.52. The number of fused-ring (bicyclic) bond motifs is 1. The quantitative estimate of drug-likeness (QED) is 0.758. The molecule has 0 amide bonds. The maximum absolute atomic E-state index is 12.9. The molecule has 2 rings (SSSR count). The van der Waals surface area contributed by atoms with Crippen molar-refractivity contribution in [3.63, 3.8) is 0 Å². The van der Waals surface area contributed by atoms with Crippen LogP contribution < -0.4 is 5.73 Å². The van der Waals surface area contributed by atoms with Crippen molar-refractivity contribution in [1.29, 1.82) is 0 Å². The highest BCUT2D eigenvalue weighted by Crippen LogP contribution is 2.39. The van der Waals surface area contributed by atoms with E-state index in [9.17, 15) is 18.3 Å². The fourth-order valence-corrected chi connectivity index (χ4v) is 1.84. The molecular formula is C11H11F3N2O. The number of H-pyrrole nitrogens is 1. The fraction of sp³-hybridized carbons (Fsp3) is 0.273. The van der Waals surface area contributed by atoms with E-state index in [0.29, 0.717) is 5.52 Å². The van der Waals surface area contributed by atoms with Crippen LogP contribution in [-0.2, 0) is 6.18 Å². The molecule has 0 fully saturated rings. The third kappa shape index (κ3) is 2.01. The van der Waals surface area contributed by atoms with Gasteiger partial charge in [-0.3, -0.25) is 0 Å². The van der Waals surface area contributed by atoms with E-state index in [1.54, 1.807) is 6.07 Å². The summed E-state index contributed by atoms with van der Waals surface area (Å²) in [6.45, 7) is -0.268. The Bertz CT molecular complexity index is 533. The van der Waals surface area contributed by atoms with Gasteiger partial charge in [-0.05, 0) is 6.07 Å². The molecule has 0 aliphatic carbocycles. The Morgan fingerprint density at radius 3 is 2.53 bits per heavy atom. The predicted molar refractivity (Wildman–Crippen MR) is 57.3 cm³/mol. The van der Waals surface area contributed by atoms with Gasteiger partial charge < -0.3 is 15.8 Å². The first-order valence-corrected chi connectivity index (χ1v) is 5.01. The van der Waals surface area contributed by atoms with Gasteiger partial charge in [0.1, 0.15) is 6.10 Å². The third-order valence-corrected chi connectivity index (χ3v) is 2.58. The van der Waals surface area contributed by atoms with Crippen molar-refractivity contribution in [3.8, 4) is 0 Å². The summed E-state index contributed by atoms with van der Waals surface area (Å²) in [6.07, 6.45) is -5.87. The van der Waals surface area contributed by atoms with Crippen LogP contribution in [-0.4, -0.2) is 16.6 Å². The van der Waals surface area contributed by atoms with E-state index < -0.39 is 17.8 Å². The molecule has 0 aliphatic rings. The lowest BCUT2D eigenvalue weighted by atomic mass is 10.1. The van der Waals surface area contributed by atoms with E-state index in [1.807, 2.05) is 0 Å². The van der Waals surface area contributed by atoms with Crippen molar-refractivity contribution in [2.45, 2.75) is 12.3 Å². The monoisotopic (exact) mass is 244 g/mol. The molecular weight excluding hydrogens is 233 g/mol. The van der Waals surface area contributed by atoms with Crippen LogP contribution in [0, 0.1) is 0 Å². The van der Waals surface area contributed by atoms with Gasteiger partial charge in [0.05, 0.1) is 11.3 Å². The lowest BCUT2D eigenvalue weighted by Crippen LogP contribution is -2.17. The molecule has 1 aromatic heterocycles. The molecule has 0 saturated heterocycles. The lowest BCUT2D eigenvalue weighted by molar-refractivity contribution is -0.137. The van der Waals surface area contributed by atoms with Crippen LogP contribution in [0.3, 0.4) is 0 Å². The molecule has 0 spiro atoms. The van der Waals surface area contributed by atoms with Crippen LogP contribution in [0.25, 0.3) is 10.9 Å². The van der Waals surface area contributed by atoms with Crippen molar-refractivity contribution >= 4 is 10.9 Å². The van der Waals surface area contributed by atoms with E-state index in [2.05, 4.69) is 4.98 Å². The summed E-state index contributed by atoms with van der Waals surface area (Å²) in [6, 6.07) is 6.03. The lowest BCUT2D eigenvalue weighted by Gasteiger charge is -2.12. The minimum absolute atomic E-state index is 0.0440. The maximum Gasteiger partial charge on any atom is 0.418 e. The highest BCUT2D eigenvalue weighted by atomic mass is 19.4. The normalized spacial score (nSPS) is 14.2. The zero-order valence-corrected chi connectivity index (χ0v) is 8.75. The average molecular weight is 244 g/mol. The number of nitrogens with two attached hydrogens (primary N) is 1. The van der Waals surface area contributed by atoms with Gasteiger partial charge in [-0.25, -0.2) is 0 Å². The molecule has 92 valence electrons. The Hall–Kier alpha value is -1.53. The first-order valence-electron chi connectivity index (χ1n) is 5.01. The summed E-state index contributed by atoms with van der Waals surface area (Å²) < 4.78 is 38.8. The molecule has 17 heavy (non-hydrogen) atoms. The number of para-hydroxylation sites is 1. The van der Waals surface area contributed by atoms with E-state index in [0.717, 1.165) is 0 Å². The largest absolute Gasteiger partial charge is 0.418 e. The maximum atomic E-state index is 12.9. The molecule has 3 nitrogen and oxygen atoms in total. The SMILES string of the molecule is NCC(O)c1[nH]c2ccccc2c1C(F)(F)F. The molecule has 1 unspecified atom stereocenters. The zero-order chi connectivity index (χ0) is 12.6. The summed E-state index contributed by atoms with van der Waals surface area (Å²) in [7, 11) is 0. The van der Waals surface area contributed by atoms with Crippen LogP contribution >= 0.6 is 0 Å².